The Hall–Kier alpha value is -1.10. The Bertz CT molecular complexity index is 473. The van der Waals surface area contributed by atoms with Crippen LogP contribution in [0.1, 0.15) is 44.9 Å². The lowest BCUT2D eigenvalue weighted by molar-refractivity contribution is -0.137. The first-order valence-corrected chi connectivity index (χ1v) is 9.50. The van der Waals surface area contributed by atoms with E-state index in [0.717, 1.165) is 57.7 Å². The van der Waals surface area contributed by atoms with Gasteiger partial charge in [0.05, 0.1) is 5.92 Å². The van der Waals surface area contributed by atoms with E-state index in [-0.39, 0.29) is 17.7 Å². The molecule has 0 unspecified atom stereocenters. The van der Waals surface area contributed by atoms with Crippen LogP contribution in [0.15, 0.2) is 0 Å². The van der Waals surface area contributed by atoms with Crippen molar-refractivity contribution in [2.24, 2.45) is 17.8 Å². The van der Waals surface area contributed by atoms with Gasteiger partial charge in [0, 0.05) is 44.7 Å². The second kappa shape index (κ2) is 6.42. The van der Waals surface area contributed by atoms with Crippen molar-refractivity contribution in [3.05, 3.63) is 0 Å². The molecule has 0 aromatic carbocycles. The van der Waals surface area contributed by atoms with Gasteiger partial charge in [-0.1, -0.05) is 0 Å². The predicted octanol–water partition coefficient (Wildman–Crippen LogP) is 1.24. The molecule has 0 spiro atoms. The number of rotatable bonds is 5. The highest BCUT2D eigenvalue weighted by molar-refractivity contribution is 5.83. The van der Waals surface area contributed by atoms with Gasteiger partial charge in [-0.2, -0.15) is 0 Å². The third kappa shape index (κ3) is 3.87. The molecule has 5 nitrogen and oxygen atoms in total. The van der Waals surface area contributed by atoms with Gasteiger partial charge in [-0.05, 0) is 50.9 Å². The number of piperidine rings is 1. The summed E-state index contributed by atoms with van der Waals surface area (Å²) in [7, 11) is 0. The van der Waals surface area contributed by atoms with Crippen LogP contribution >= 0.6 is 0 Å². The molecule has 2 heterocycles. The zero-order valence-electron chi connectivity index (χ0n) is 14.0. The van der Waals surface area contributed by atoms with E-state index in [0.29, 0.717) is 18.5 Å². The third-order valence-corrected chi connectivity index (χ3v) is 5.86. The minimum Gasteiger partial charge on any atom is -0.352 e. The van der Waals surface area contributed by atoms with Gasteiger partial charge in [-0.3, -0.25) is 9.59 Å². The molecular formula is C18H29N3O2. The van der Waals surface area contributed by atoms with Crippen LogP contribution in [-0.2, 0) is 9.59 Å². The highest BCUT2D eigenvalue weighted by Crippen LogP contribution is 2.33. The molecule has 128 valence electrons. The van der Waals surface area contributed by atoms with Gasteiger partial charge in [0.2, 0.25) is 11.8 Å². The van der Waals surface area contributed by atoms with Crippen LogP contribution < -0.4 is 5.32 Å². The molecule has 2 saturated carbocycles. The van der Waals surface area contributed by atoms with Gasteiger partial charge >= 0.3 is 0 Å². The summed E-state index contributed by atoms with van der Waals surface area (Å²) >= 11 is 0. The fourth-order valence-electron chi connectivity index (χ4n) is 4.08. The average molecular weight is 319 g/mol. The standard InChI is InChI=1S/C18H29N3O2/c22-17(19-16-7-9-20(12-16)10-13-3-4-13)15-2-1-8-21(11-15)18(23)14-5-6-14/h13-16H,1-12H2,(H,19,22)/t15-,16+/m0/s1. The van der Waals surface area contributed by atoms with Gasteiger partial charge < -0.3 is 15.1 Å². The average Bonchev–Trinajstić information content (AvgIpc) is 3.47. The molecule has 1 N–H and O–H groups in total. The maximum atomic E-state index is 12.6. The maximum Gasteiger partial charge on any atom is 0.225 e. The van der Waals surface area contributed by atoms with Crippen molar-refractivity contribution in [3.63, 3.8) is 0 Å². The summed E-state index contributed by atoms with van der Waals surface area (Å²) in [6, 6.07) is 0.316. The second-order valence-electron chi connectivity index (χ2n) is 8.09. The summed E-state index contributed by atoms with van der Waals surface area (Å²) in [5.74, 6) is 1.66. The maximum absolute atomic E-state index is 12.6. The van der Waals surface area contributed by atoms with E-state index in [1.165, 1.54) is 19.4 Å². The number of nitrogens with one attached hydrogen (secondary N) is 1. The van der Waals surface area contributed by atoms with Crippen molar-refractivity contribution in [1.82, 2.24) is 15.1 Å². The van der Waals surface area contributed by atoms with Crippen molar-refractivity contribution >= 4 is 11.8 Å². The monoisotopic (exact) mass is 319 g/mol. The lowest BCUT2D eigenvalue weighted by atomic mass is 9.96. The van der Waals surface area contributed by atoms with E-state index in [1.54, 1.807) is 0 Å². The van der Waals surface area contributed by atoms with Gasteiger partial charge in [0.25, 0.3) is 0 Å². The molecule has 5 heteroatoms. The fraction of sp³-hybridized carbons (Fsp3) is 0.889. The Balaban J connectivity index is 1.24. The number of carbonyl (C=O) groups is 2. The summed E-state index contributed by atoms with van der Waals surface area (Å²) in [4.78, 5) is 29.2. The Labute approximate surface area is 138 Å². The van der Waals surface area contributed by atoms with Gasteiger partial charge in [0.1, 0.15) is 0 Å². The van der Waals surface area contributed by atoms with E-state index in [4.69, 9.17) is 0 Å². The lowest BCUT2D eigenvalue weighted by Crippen LogP contribution is -2.48. The van der Waals surface area contributed by atoms with Crippen molar-refractivity contribution in [2.75, 3.05) is 32.7 Å². The Kier molecular flexibility index (Phi) is 4.31. The lowest BCUT2D eigenvalue weighted by Gasteiger charge is -2.32. The van der Waals surface area contributed by atoms with Crippen LogP contribution in [0.3, 0.4) is 0 Å². The van der Waals surface area contributed by atoms with Gasteiger partial charge in [0.15, 0.2) is 0 Å². The molecule has 4 aliphatic rings. The molecule has 0 aromatic rings. The first kappa shape index (κ1) is 15.4. The van der Waals surface area contributed by atoms with Crippen molar-refractivity contribution in [1.29, 1.82) is 0 Å². The van der Waals surface area contributed by atoms with Crippen LogP contribution in [0.25, 0.3) is 0 Å². The molecule has 23 heavy (non-hydrogen) atoms. The molecule has 4 rings (SSSR count). The molecule has 2 atom stereocenters. The third-order valence-electron chi connectivity index (χ3n) is 5.86. The van der Waals surface area contributed by atoms with Crippen molar-refractivity contribution in [2.45, 2.75) is 51.0 Å². The SMILES string of the molecule is O=C(N[C@@H]1CCN(CC2CC2)C1)[C@H]1CCCN(C(=O)C2CC2)C1. The predicted molar refractivity (Wildman–Crippen MR) is 87.7 cm³/mol. The quantitative estimate of drug-likeness (QED) is 0.829. The van der Waals surface area contributed by atoms with Crippen LogP contribution in [0.4, 0.5) is 0 Å². The largest absolute Gasteiger partial charge is 0.352 e. The normalized spacial score (nSPS) is 32.1. The summed E-state index contributed by atoms with van der Waals surface area (Å²) in [5, 5.41) is 3.26. The number of hydrogen-bond donors (Lipinski definition) is 1. The molecule has 4 fully saturated rings. The molecular weight excluding hydrogens is 290 g/mol. The first-order chi connectivity index (χ1) is 11.2. The molecule has 0 aromatic heterocycles. The zero-order chi connectivity index (χ0) is 15.8. The number of carbonyl (C=O) groups excluding carboxylic acids is 2. The number of nitrogens with zero attached hydrogens (tertiary/aromatic N) is 2. The van der Waals surface area contributed by atoms with Gasteiger partial charge in [-0.25, -0.2) is 0 Å². The number of hydrogen-bond acceptors (Lipinski definition) is 3. The van der Waals surface area contributed by atoms with Gasteiger partial charge in [-0.15, -0.1) is 0 Å². The van der Waals surface area contributed by atoms with E-state index in [1.807, 2.05) is 4.90 Å². The number of amides is 2. The Morgan fingerprint density at radius 1 is 0.913 bits per heavy atom. The van der Waals surface area contributed by atoms with E-state index in [2.05, 4.69) is 10.2 Å². The van der Waals surface area contributed by atoms with Crippen LogP contribution in [0.2, 0.25) is 0 Å². The van der Waals surface area contributed by atoms with Crippen molar-refractivity contribution < 1.29 is 9.59 Å². The smallest absolute Gasteiger partial charge is 0.225 e. The summed E-state index contributed by atoms with van der Waals surface area (Å²) in [6.45, 7) is 4.84. The first-order valence-electron chi connectivity index (χ1n) is 9.50. The van der Waals surface area contributed by atoms with E-state index >= 15 is 0 Å². The molecule has 0 radical (unpaired) electrons. The Morgan fingerprint density at radius 3 is 2.48 bits per heavy atom. The van der Waals surface area contributed by atoms with E-state index < -0.39 is 0 Å². The molecule has 2 saturated heterocycles. The summed E-state index contributed by atoms with van der Waals surface area (Å²) in [6.07, 6.45) is 7.85. The molecule has 2 aliphatic heterocycles. The van der Waals surface area contributed by atoms with Crippen LogP contribution in [-0.4, -0.2) is 60.4 Å². The van der Waals surface area contributed by atoms with Crippen LogP contribution in [0, 0.1) is 17.8 Å². The summed E-state index contributed by atoms with van der Waals surface area (Å²) in [5.41, 5.74) is 0. The minimum atomic E-state index is 0.00364. The highest BCUT2D eigenvalue weighted by atomic mass is 16.2. The fourth-order valence-corrected chi connectivity index (χ4v) is 4.08. The number of likely N-dealkylation sites (tertiary alicyclic amines) is 2. The Morgan fingerprint density at radius 2 is 1.74 bits per heavy atom. The topological polar surface area (TPSA) is 52.7 Å². The van der Waals surface area contributed by atoms with Crippen LogP contribution in [0.5, 0.6) is 0 Å². The molecule has 0 bridgehead atoms. The van der Waals surface area contributed by atoms with E-state index in [9.17, 15) is 9.59 Å². The minimum absolute atomic E-state index is 0.00364. The van der Waals surface area contributed by atoms with Crippen molar-refractivity contribution in [3.8, 4) is 0 Å². The molecule has 2 amide bonds. The molecule has 2 aliphatic carbocycles. The highest BCUT2D eigenvalue weighted by Gasteiger charge is 2.37. The summed E-state index contributed by atoms with van der Waals surface area (Å²) < 4.78 is 0. The zero-order valence-corrected chi connectivity index (χ0v) is 14.0. The second-order valence-corrected chi connectivity index (χ2v) is 8.09.